The van der Waals surface area contributed by atoms with Crippen LogP contribution in [0.25, 0.3) is 0 Å². The predicted molar refractivity (Wildman–Crippen MR) is 66.0 cm³/mol. The van der Waals surface area contributed by atoms with Gasteiger partial charge in [0.15, 0.2) is 0 Å². The Balaban J connectivity index is 1.75. The van der Waals surface area contributed by atoms with Crippen LogP contribution >= 0.6 is 0 Å². The summed E-state index contributed by atoms with van der Waals surface area (Å²) in [7, 11) is 2.17. The van der Waals surface area contributed by atoms with Crippen LogP contribution in [0.3, 0.4) is 0 Å². The average molecular weight is 223 g/mol. The van der Waals surface area contributed by atoms with Crippen LogP contribution in [0.4, 0.5) is 0 Å². The predicted octanol–water partition coefficient (Wildman–Crippen LogP) is -0.00440. The van der Waals surface area contributed by atoms with E-state index in [-0.39, 0.29) is 6.61 Å². The van der Waals surface area contributed by atoms with Crippen LogP contribution in [0.1, 0.15) is 6.42 Å². The molecule has 1 fully saturated rings. The molecule has 1 unspecified atom stereocenters. The topological polar surface area (TPSA) is 39.1 Å². The number of dihydropyridines is 1. The fourth-order valence-corrected chi connectivity index (χ4v) is 2.16. The maximum absolute atomic E-state index is 8.95. The third-order valence-electron chi connectivity index (χ3n) is 3.35. The first-order valence-corrected chi connectivity index (χ1v) is 6.02. The largest absolute Gasteiger partial charge is 0.392 e. The molecule has 4 nitrogen and oxygen atoms in total. The van der Waals surface area contributed by atoms with Gasteiger partial charge in [-0.3, -0.25) is 9.89 Å². The van der Waals surface area contributed by atoms with Gasteiger partial charge in [0, 0.05) is 38.9 Å². The van der Waals surface area contributed by atoms with Crippen molar-refractivity contribution in [2.75, 3.05) is 46.4 Å². The summed E-state index contributed by atoms with van der Waals surface area (Å²) in [5.74, 6) is 0. The molecular weight excluding hydrogens is 202 g/mol. The Labute approximate surface area is 97.3 Å². The minimum atomic E-state index is 0.116. The normalized spacial score (nSPS) is 28.1. The zero-order valence-corrected chi connectivity index (χ0v) is 9.97. The summed E-state index contributed by atoms with van der Waals surface area (Å²) in [5, 5.41) is 8.95. The first kappa shape index (κ1) is 11.8. The summed E-state index contributed by atoms with van der Waals surface area (Å²) in [6, 6.07) is 0.388. The highest BCUT2D eigenvalue weighted by atomic mass is 16.3. The number of aliphatic imine (C=N–C) groups is 1. The minimum absolute atomic E-state index is 0.116. The van der Waals surface area contributed by atoms with Crippen molar-refractivity contribution in [3.63, 3.8) is 0 Å². The second-order valence-corrected chi connectivity index (χ2v) is 4.71. The van der Waals surface area contributed by atoms with Gasteiger partial charge in [0.25, 0.3) is 0 Å². The van der Waals surface area contributed by atoms with E-state index in [1.807, 2.05) is 6.21 Å². The number of nitrogens with zero attached hydrogens (tertiary/aromatic N) is 3. The third kappa shape index (κ3) is 3.14. The minimum Gasteiger partial charge on any atom is -0.392 e. The Morgan fingerprint density at radius 3 is 2.69 bits per heavy atom. The summed E-state index contributed by atoms with van der Waals surface area (Å²) >= 11 is 0. The standard InChI is InChI=1S/C12H21N3O/c1-14-4-6-15(7-5-14)9-12-3-2-11(10-16)8-13-12/h2,8,12,16H,3-7,9-10H2,1H3. The van der Waals surface area contributed by atoms with Crippen LogP contribution in [0, 0.1) is 0 Å². The number of rotatable bonds is 3. The van der Waals surface area contributed by atoms with E-state index in [0.29, 0.717) is 6.04 Å². The highest BCUT2D eigenvalue weighted by molar-refractivity contribution is 5.79. The zero-order chi connectivity index (χ0) is 11.4. The molecule has 2 rings (SSSR count). The van der Waals surface area contributed by atoms with Gasteiger partial charge in [-0.05, 0) is 19.0 Å². The van der Waals surface area contributed by atoms with E-state index in [0.717, 1.165) is 44.7 Å². The first-order chi connectivity index (χ1) is 7.78. The van der Waals surface area contributed by atoms with E-state index in [4.69, 9.17) is 5.11 Å². The highest BCUT2D eigenvalue weighted by Crippen LogP contribution is 2.11. The van der Waals surface area contributed by atoms with Crippen LogP contribution in [-0.2, 0) is 0 Å². The second kappa shape index (κ2) is 5.57. The van der Waals surface area contributed by atoms with Gasteiger partial charge in [-0.25, -0.2) is 0 Å². The Kier molecular flexibility index (Phi) is 4.09. The Bertz CT molecular complexity index is 280. The van der Waals surface area contributed by atoms with Gasteiger partial charge in [0.2, 0.25) is 0 Å². The van der Waals surface area contributed by atoms with Crippen molar-refractivity contribution in [2.24, 2.45) is 4.99 Å². The van der Waals surface area contributed by atoms with E-state index < -0.39 is 0 Å². The molecular formula is C12H21N3O. The van der Waals surface area contributed by atoms with Gasteiger partial charge in [0.05, 0.1) is 12.6 Å². The summed E-state index contributed by atoms with van der Waals surface area (Å²) < 4.78 is 0. The summed E-state index contributed by atoms with van der Waals surface area (Å²) in [6.07, 6.45) is 4.90. The lowest BCUT2D eigenvalue weighted by atomic mass is 10.1. The zero-order valence-electron chi connectivity index (χ0n) is 9.97. The number of aliphatic hydroxyl groups excluding tert-OH is 1. The second-order valence-electron chi connectivity index (χ2n) is 4.71. The van der Waals surface area contributed by atoms with E-state index in [1.54, 1.807) is 0 Å². The lowest BCUT2D eigenvalue weighted by Crippen LogP contribution is -2.46. The smallest absolute Gasteiger partial charge is 0.0693 e. The van der Waals surface area contributed by atoms with Crippen LogP contribution in [0.5, 0.6) is 0 Å². The molecule has 1 atom stereocenters. The molecule has 0 aliphatic carbocycles. The van der Waals surface area contributed by atoms with Crippen molar-refractivity contribution in [1.29, 1.82) is 0 Å². The molecule has 4 heteroatoms. The molecule has 1 saturated heterocycles. The van der Waals surface area contributed by atoms with Crippen LogP contribution in [0.15, 0.2) is 16.6 Å². The van der Waals surface area contributed by atoms with Gasteiger partial charge in [-0.2, -0.15) is 0 Å². The number of aliphatic hydroxyl groups is 1. The van der Waals surface area contributed by atoms with E-state index in [1.165, 1.54) is 0 Å². The average Bonchev–Trinajstić information content (AvgIpc) is 2.33. The molecule has 0 saturated carbocycles. The molecule has 90 valence electrons. The summed E-state index contributed by atoms with van der Waals surface area (Å²) in [4.78, 5) is 9.34. The van der Waals surface area contributed by atoms with Crippen molar-refractivity contribution >= 4 is 6.21 Å². The van der Waals surface area contributed by atoms with Crippen LogP contribution in [0.2, 0.25) is 0 Å². The Morgan fingerprint density at radius 1 is 1.38 bits per heavy atom. The highest BCUT2D eigenvalue weighted by Gasteiger charge is 2.18. The Morgan fingerprint density at radius 2 is 2.12 bits per heavy atom. The van der Waals surface area contributed by atoms with Crippen LogP contribution in [-0.4, -0.2) is 73.5 Å². The Hall–Kier alpha value is -0.710. The van der Waals surface area contributed by atoms with Crippen molar-refractivity contribution in [3.8, 4) is 0 Å². The van der Waals surface area contributed by atoms with E-state index in [9.17, 15) is 0 Å². The van der Waals surface area contributed by atoms with E-state index in [2.05, 4.69) is 27.9 Å². The lowest BCUT2D eigenvalue weighted by Gasteiger charge is -2.34. The first-order valence-electron chi connectivity index (χ1n) is 6.02. The van der Waals surface area contributed by atoms with Crippen molar-refractivity contribution in [1.82, 2.24) is 9.80 Å². The number of hydrogen-bond acceptors (Lipinski definition) is 4. The monoisotopic (exact) mass is 223 g/mol. The van der Waals surface area contributed by atoms with Crippen LogP contribution < -0.4 is 0 Å². The van der Waals surface area contributed by atoms with Crippen molar-refractivity contribution < 1.29 is 5.11 Å². The molecule has 2 heterocycles. The fraction of sp³-hybridized carbons (Fsp3) is 0.750. The molecule has 1 N–H and O–H groups in total. The van der Waals surface area contributed by atoms with E-state index >= 15 is 0 Å². The molecule has 0 amide bonds. The fourth-order valence-electron chi connectivity index (χ4n) is 2.16. The van der Waals surface area contributed by atoms with Gasteiger partial charge >= 0.3 is 0 Å². The molecule has 2 aliphatic heterocycles. The van der Waals surface area contributed by atoms with Gasteiger partial charge in [0.1, 0.15) is 0 Å². The molecule has 0 radical (unpaired) electrons. The molecule has 16 heavy (non-hydrogen) atoms. The molecule has 0 aromatic heterocycles. The number of piperazine rings is 1. The molecule has 0 bridgehead atoms. The SMILES string of the molecule is CN1CCN(CC2CC=C(CO)C=N2)CC1. The summed E-state index contributed by atoms with van der Waals surface area (Å²) in [5.41, 5.74) is 0.953. The quantitative estimate of drug-likeness (QED) is 0.732. The third-order valence-corrected chi connectivity index (χ3v) is 3.35. The maximum atomic E-state index is 8.95. The maximum Gasteiger partial charge on any atom is 0.0693 e. The number of likely N-dealkylation sites (N-methyl/N-ethyl adjacent to an activating group) is 1. The van der Waals surface area contributed by atoms with Gasteiger partial charge < -0.3 is 10.0 Å². The van der Waals surface area contributed by atoms with Gasteiger partial charge in [-0.15, -0.1) is 0 Å². The molecule has 2 aliphatic rings. The number of hydrogen-bond donors (Lipinski definition) is 1. The van der Waals surface area contributed by atoms with Crippen molar-refractivity contribution in [2.45, 2.75) is 12.5 Å². The van der Waals surface area contributed by atoms with Crippen molar-refractivity contribution in [3.05, 3.63) is 11.6 Å². The van der Waals surface area contributed by atoms with Gasteiger partial charge in [-0.1, -0.05) is 6.08 Å². The molecule has 0 spiro atoms. The lowest BCUT2D eigenvalue weighted by molar-refractivity contribution is 0.147. The molecule has 0 aromatic rings. The summed E-state index contributed by atoms with van der Waals surface area (Å²) in [6.45, 7) is 5.80. The molecule has 0 aromatic carbocycles.